The lowest BCUT2D eigenvalue weighted by molar-refractivity contribution is 0.0994. The fourth-order valence-corrected chi connectivity index (χ4v) is 3.20. The van der Waals surface area contributed by atoms with Crippen LogP contribution in [0.25, 0.3) is 10.9 Å². The minimum absolute atomic E-state index is 0.165. The van der Waals surface area contributed by atoms with Gasteiger partial charge >= 0.3 is 0 Å². The molecule has 116 valence electrons. The fourth-order valence-electron chi connectivity index (χ4n) is 3.20. The van der Waals surface area contributed by atoms with E-state index in [0.29, 0.717) is 6.42 Å². The fraction of sp³-hybridized carbons (Fsp3) is 0.300. The molecular formula is C20H19NO2. The van der Waals surface area contributed by atoms with E-state index in [1.165, 1.54) is 0 Å². The van der Waals surface area contributed by atoms with Gasteiger partial charge in [0.25, 0.3) is 0 Å². The molecule has 0 bridgehead atoms. The van der Waals surface area contributed by atoms with Gasteiger partial charge in [-0.2, -0.15) is 0 Å². The highest BCUT2D eigenvalue weighted by atomic mass is 16.5. The molecule has 0 unspecified atom stereocenters. The van der Waals surface area contributed by atoms with Crippen molar-refractivity contribution in [2.24, 2.45) is 0 Å². The van der Waals surface area contributed by atoms with E-state index >= 15 is 0 Å². The van der Waals surface area contributed by atoms with Gasteiger partial charge in [0.05, 0.1) is 12.1 Å². The number of Topliss-reactive ketones (excluding diaryl/α,β-unsaturated/α-hetero) is 1. The SMILES string of the molecule is O=C(CC1=CCCC=C1)c1ccc2nc3c(cc2c1)CCCO3. The topological polar surface area (TPSA) is 39.2 Å². The molecular weight excluding hydrogens is 286 g/mol. The first kappa shape index (κ1) is 14.2. The Morgan fingerprint density at radius 2 is 2.17 bits per heavy atom. The number of allylic oxidation sites excluding steroid dienone is 4. The summed E-state index contributed by atoms with van der Waals surface area (Å²) in [4.78, 5) is 17.1. The van der Waals surface area contributed by atoms with Crippen LogP contribution in [-0.2, 0) is 6.42 Å². The molecule has 0 saturated heterocycles. The predicted molar refractivity (Wildman–Crippen MR) is 91.0 cm³/mol. The maximum Gasteiger partial charge on any atom is 0.217 e. The molecule has 0 saturated carbocycles. The van der Waals surface area contributed by atoms with E-state index in [1.807, 2.05) is 18.2 Å². The number of aromatic nitrogens is 1. The number of pyridine rings is 1. The third-order valence-electron chi connectivity index (χ3n) is 4.44. The van der Waals surface area contributed by atoms with Crippen LogP contribution in [0, 0.1) is 0 Å². The van der Waals surface area contributed by atoms with Crippen molar-refractivity contribution in [1.82, 2.24) is 4.98 Å². The van der Waals surface area contributed by atoms with Crippen LogP contribution < -0.4 is 4.74 Å². The number of aryl methyl sites for hydroxylation is 1. The van der Waals surface area contributed by atoms with Gasteiger partial charge in [-0.3, -0.25) is 4.79 Å². The minimum Gasteiger partial charge on any atom is -0.477 e. The summed E-state index contributed by atoms with van der Waals surface area (Å²) in [5, 5.41) is 1.02. The van der Waals surface area contributed by atoms with Gasteiger partial charge in [0, 0.05) is 22.9 Å². The van der Waals surface area contributed by atoms with Crippen LogP contribution in [0.2, 0.25) is 0 Å². The summed E-state index contributed by atoms with van der Waals surface area (Å²) in [6.07, 6.45) is 11.0. The summed E-state index contributed by atoms with van der Waals surface area (Å²) in [5.41, 5.74) is 3.92. The Morgan fingerprint density at radius 3 is 3.04 bits per heavy atom. The highest BCUT2D eigenvalue weighted by molar-refractivity contribution is 6.01. The number of nitrogens with zero attached hydrogens (tertiary/aromatic N) is 1. The smallest absolute Gasteiger partial charge is 0.217 e. The normalized spacial score (nSPS) is 16.6. The highest BCUT2D eigenvalue weighted by Gasteiger charge is 2.15. The van der Waals surface area contributed by atoms with Crippen LogP contribution in [-0.4, -0.2) is 17.4 Å². The van der Waals surface area contributed by atoms with Crippen molar-refractivity contribution in [3.63, 3.8) is 0 Å². The Morgan fingerprint density at radius 1 is 1.22 bits per heavy atom. The number of carbonyl (C=O) groups excluding carboxylic acids is 1. The van der Waals surface area contributed by atoms with Crippen LogP contribution in [0.1, 0.15) is 41.6 Å². The van der Waals surface area contributed by atoms with Crippen molar-refractivity contribution in [2.75, 3.05) is 6.61 Å². The number of hydrogen-bond acceptors (Lipinski definition) is 3. The van der Waals surface area contributed by atoms with E-state index in [-0.39, 0.29) is 5.78 Å². The zero-order valence-corrected chi connectivity index (χ0v) is 13.0. The van der Waals surface area contributed by atoms with Crippen molar-refractivity contribution >= 4 is 16.7 Å². The van der Waals surface area contributed by atoms with Gasteiger partial charge in [0.2, 0.25) is 5.88 Å². The molecule has 3 heteroatoms. The van der Waals surface area contributed by atoms with Gasteiger partial charge in [-0.1, -0.05) is 18.2 Å². The predicted octanol–water partition coefficient (Wildman–Crippen LogP) is 4.41. The quantitative estimate of drug-likeness (QED) is 0.789. The summed E-state index contributed by atoms with van der Waals surface area (Å²) in [5.74, 6) is 0.916. The van der Waals surface area contributed by atoms with Crippen LogP contribution >= 0.6 is 0 Å². The van der Waals surface area contributed by atoms with Crippen molar-refractivity contribution in [3.8, 4) is 5.88 Å². The molecule has 2 heterocycles. The standard InChI is InChI=1S/C20H19NO2/c22-19(11-14-5-2-1-3-6-14)15-8-9-18-17(12-15)13-16-7-4-10-23-20(16)21-18/h2,5-6,8-9,12-13H,1,3-4,7,10-11H2. The van der Waals surface area contributed by atoms with E-state index in [0.717, 1.165) is 65.8 Å². The molecule has 23 heavy (non-hydrogen) atoms. The molecule has 0 spiro atoms. The van der Waals surface area contributed by atoms with Crippen molar-refractivity contribution in [3.05, 3.63) is 59.2 Å². The molecule has 2 aromatic rings. The zero-order chi connectivity index (χ0) is 15.6. The molecule has 1 aromatic carbocycles. The van der Waals surface area contributed by atoms with Gasteiger partial charge in [-0.15, -0.1) is 0 Å². The molecule has 1 aliphatic heterocycles. The second kappa shape index (κ2) is 5.99. The summed E-state index contributed by atoms with van der Waals surface area (Å²) in [6, 6.07) is 7.88. The number of benzene rings is 1. The molecule has 0 atom stereocenters. The maximum atomic E-state index is 12.5. The second-order valence-corrected chi connectivity index (χ2v) is 6.17. The first-order valence-electron chi connectivity index (χ1n) is 8.25. The van der Waals surface area contributed by atoms with Gasteiger partial charge in [0.15, 0.2) is 5.78 Å². The van der Waals surface area contributed by atoms with E-state index in [1.54, 1.807) is 0 Å². The highest BCUT2D eigenvalue weighted by Crippen LogP contribution is 2.27. The number of carbonyl (C=O) groups is 1. The second-order valence-electron chi connectivity index (χ2n) is 6.17. The van der Waals surface area contributed by atoms with Gasteiger partial charge in [0.1, 0.15) is 0 Å². The van der Waals surface area contributed by atoms with E-state index in [2.05, 4.69) is 29.3 Å². The molecule has 1 aliphatic carbocycles. The van der Waals surface area contributed by atoms with Gasteiger partial charge < -0.3 is 4.74 Å². The Hall–Kier alpha value is -2.42. The van der Waals surface area contributed by atoms with Crippen LogP contribution in [0.15, 0.2) is 48.1 Å². The number of fused-ring (bicyclic) bond motifs is 2. The monoisotopic (exact) mass is 305 g/mol. The molecule has 0 N–H and O–H groups in total. The Labute approximate surface area is 135 Å². The molecule has 4 rings (SSSR count). The van der Waals surface area contributed by atoms with Gasteiger partial charge in [-0.25, -0.2) is 4.98 Å². The van der Waals surface area contributed by atoms with Crippen LogP contribution in [0.5, 0.6) is 5.88 Å². The van der Waals surface area contributed by atoms with E-state index < -0.39 is 0 Å². The molecule has 2 aliphatic rings. The molecule has 0 fully saturated rings. The Balaban J connectivity index is 1.64. The van der Waals surface area contributed by atoms with E-state index in [4.69, 9.17) is 4.74 Å². The first-order chi connectivity index (χ1) is 11.3. The number of hydrogen-bond donors (Lipinski definition) is 0. The molecule has 0 radical (unpaired) electrons. The average Bonchev–Trinajstić information content (AvgIpc) is 2.60. The third-order valence-corrected chi connectivity index (χ3v) is 4.44. The number of ether oxygens (including phenoxy) is 1. The summed E-state index contributed by atoms with van der Waals surface area (Å²) in [6.45, 7) is 0.741. The van der Waals surface area contributed by atoms with Crippen molar-refractivity contribution < 1.29 is 9.53 Å². The lowest BCUT2D eigenvalue weighted by atomic mass is 9.97. The lowest BCUT2D eigenvalue weighted by Crippen LogP contribution is -2.10. The third kappa shape index (κ3) is 2.91. The maximum absolute atomic E-state index is 12.5. The summed E-state index contributed by atoms with van der Waals surface area (Å²) < 4.78 is 5.62. The average molecular weight is 305 g/mol. The van der Waals surface area contributed by atoms with Crippen molar-refractivity contribution in [2.45, 2.75) is 32.1 Å². The first-order valence-corrected chi connectivity index (χ1v) is 8.25. The minimum atomic E-state index is 0.165. The largest absolute Gasteiger partial charge is 0.477 e. The zero-order valence-electron chi connectivity index (χ0n) is 13.0. The molecule has 0 amide bonds. The molecule has 1 aromatic heterocycles. The Bertz CT molecular complexity index is 833. The van der Waals surface area contributed by atoms with E-state index in [9.17, 15) is 4.79 Å². The summed E-state index contributed by atoms with van der Waals surface area (Å²) >= 11 is 0. The molecule has 3 nitrogen and oxygen atoms in total. The van der Waals surface area contributed by atoms with Crippen LogP contribution in [0.4, 0.5) is 0 Å². The Kier molecular flexibility index (Phi) is 3.70. The van der Waals surface area contributed by atoms with Crippen LogP contribution in [0.3, 0.4) is 0 Å². The van der Waals surface area contributed by atoms with Gasteiger partial charge in [-0.05, 0) is 55.5 Å². The number of rotatable bonds is 3. The lowest BCUT2D eigenvalue weighted by Gasteiger charge is -2.16. The summed E-state index contributed by atoms with van der Waals surface area (Å²) in [7, 11) is 0. The van der Waals surface area contributed by atoms with Crippen molar-refractivity contribution in [1.29, 1.82) is 0 Å². The number of ketones is 1.